The highest BCUT2D eigenvalue weighted by Crippen LogP contribution is 2.47. The molecule has 34 heavy (non-hydrogen) atoms. The van der Waals surface area contributed by atoms with Gasteiger partial charge in [-0.2, -0.15) is 0 Å². The molecule has 3 aliphatic rings. The lowest BCUT2D eigenvalue weighted by Crippen LogP contribution is -2.50. The molecule has 180 valence electrons. The van der Waals surface area contributed by atoms with Crippen molar-refractivity contribution in [2.45, 2.75) is 57.2 Å². The van der Waals surface area contributed by atoms with Gasteiger partial charge in [-0.15, -0.1) is 0 Å². The van der Waals surface area contributed by atoms with Crippen molar-refractivity contribution in [1.82, 2.24) is 15.2 Å². The van der Waals surface area contributed by atoms with Gasteiger partial charge in [0.15, 0.2) is 0 Å². The fraction of sp³-hybridized carbons (Fsp3) is 0.519. The highest BCUT2D eigenvalue weighted by molar-refractivity contribution is 5.94. The van der Waals surface area contributed by atoms with Crippen LogP contribution in [0, 0.1) is 18.8 Å². The first-order valence-corrected chi connectivity index (χ1v) is 12.4. The first-order chi connectivity index (χ1) is 16.6. The highest BCUT2D eigenvalue weighted by atomic mass is 16.5. The van der Waals surface area contributed by atoms with Crippen molar-refractivity contribution < 1.29 is 14.3 Å². The SMILES string of the molecule is COC[C@@H]1Nc2ccccc2[C@H]2[C@@H]1CCN2C(=O)[C@H]1CCCC[C@H]1NC(=O)c1ccc(C)nc1. The number of benzene rings is 1. The number of para-hydroxylation sites is 1. The van der Waals surface area contributed by atoms with Gasteiger partial charge >= 0.3 is 0 Å². The molecule has 5 atom stereocenters. The molecule has 0 radical (unpaired) electrons. The maximum Gasteiger partial charge on any atom is 0.253 e. The minimum Gasteiger partial charge on any atom is -0.383 e. The Morgan fingerprint density at radius 1 is 1.15 bits per heavy atom. The number of aryl methyl sites for hydroxylation is 1. The van der Waals surface area contributed by atoms with Gasteiger partial charge in [-0.3, -0.25) is 14.6 Å². The third-order valence-corrected chi connectivity index (χ3v) is 7.78. The van der Waals surface area contributed by atoms with E-state index in [0.29, 0.717) is 18.1 Å². The molecule has 2 fully saturated rings. The topological polar surface area (TPSA) is 83.6 Å². The number of aromatic nitrogens is 1. The lowest BCUT2D eigenvalue weighted by Gasteiger charge is -2.41. The maximum absolute atomic E-state index is 14.0. The summed E-state index contributed by atoms with van der Waals surface area (Å²) in [6, 6.07) is 12.0. The van der Waals surface area contributed by atoms with E-state index in [9.17, 15) is 9.59 Å². The molecule has 1 aromatic heterocycles. The smallest absolute Gasteiger partial charge is 0.253 e. The van der Waals surface area contributed by atoms with Crippen molar-refractivity contribution in [2.75, 3.05) is 25.6 Å². The predicted molar refractivity (Wildman–Crippen MR) is 130 cm³/mol. The van der Waals surface area contributed by atoms with E-state index in [1.807, 2.05) is 19.1 Å². The Labute approximate surface area is 201 Å². The molecule has 2 N–H and O–H groups in total. The number of likely N-dealkylation sites (tertiary alicyclic amines) is 1. The average molecular weight is 463 g/mol. The second-order valence-electron chi connectivity index (χ2n) is 9.88. The standard InChI is InChI=1S/C27H34N4O3/c1-17-11-12-18(15-28-17)26(32)30-23-10-6-4-8-21(23)27(33)31-14-13-20-24(16-34-2)29-22-9-5-3-7-19(22)25(20)31/h3,5,7,9,11-12,15,20-21,23-25,29H,4,6,8,10,13-14,16H2,1-2H3,(H,30,32)/t20-,21+,23-,24+,25+/m1/s1. The number of nitrogens with zero attached hydrogens (tertiary/aromatic N) is 2. The summed E-state index contributed by atoms with van der Waals surface area (Å²) in [5.41, 5.74) is 3.69. The number of carbonyl (C=O) groups is 2. The van der Waals surface area contributed by atoms with E-state index >= 15 is 0 Å². The molecule has 3 heterocycles. The van der Waals surface area contributed by atoms with Crippen molar-refractivity contribution >= 4 is 17.5 Å². The number of nitrogens with one attached hydrogen (secondary N) is 2. The van der Waals surface area contributed by atoms with Gasteiger partial charge in [0.1, 0.15) is 0 Å². The maximum atomic E-state index is 14.0. The molecule has 0 bridgehead atoms. The molecule has 7 heteroatoms. The molecule has 2 amide bonds. The molecule has 1 aromatic carbocycles. The largest absolute Gasteiger partial charge is 0.383 e. The van der Waals surface area contributed by atoms with E-state index in [-0.39, 0.29) is 35.9 Å². The molecule has 1 aliphatic carbocycles. The third-order valence-electron chi connectivity index (χ3n) is 7.78. The summed E-state index contributed by atoms with van der Waals surface area (Å²) in [7, 11) is 1.73. The van der Waals surface area contributed by atoms with Crippen LogP contribution in [0.2, 0.25) is 0 Å². The lowest BCUT2D eigenvalue weighted by atomic mass is 9.81. The minimum absolute atomic E-state index is 0.0460. The van der Waals surface area contributed by atoms with Gasteiger partial charge in [-0.05, 0) is 49.9 Å². The predicted octanol–water partition coefficient (Wildman–Crippen LogP) is 3.71. The van der Waals surface area contributed by atoms with Gasteiger partial charge < -0.3 is 20.3 Å². The molecule has 0 spiro atoms. The van der Waals surface area contributed by atoms with E-state index in [0.717, 1.165) is 50.0 Å². The molecule has 1 saturated heterocycles. The summed E-state index contributed by atoms with van der Waals surface area (Å²) in [6.07, 6.45) is 6.23. The van der Waals surface area contributed by atoms with Crippen molar-refractivity contribution in [1.29, 1.82) is 0 Å². The van der Waals surface area contributed by atoms with E-state index in [2.05, 4.69) is 38.7 Å². The lowest BCUT2D eigenvalue weighted by molar-refractivity contribution is -0.139. The number of hydrogen-bond donors (Lipinski definition) is 2. The van der Waals surface area contributed by atoms with Gasteiger partial charge in [0.25, 0.3) is 5.91 Å². The summed E-state index contributed by atoms with van der Waals surface area (Å²) in [5, 5.41) is 6.81. The van der Waals surface area contributed by atoms with Crippen LogP contribution in [0.3, 0.4) is 0 Å². The van der Waals surface area contributed by atoms with Crippen LogP contribution in [-0.4, -0.2) is 54.0 Å². The molecular weight excluding hydrogens is 428 g/mol. The quantitative estimate of drug-likeness (QED) is 0.708. The molecule has 7 nitrogen and oxygen atoms in total. The van der Waals surface area contributed by atoms with Gasteiger partial charge in [0, 0.05) is 43.2 Å². The zero-order chi connectivity index (χ0) is 23.7. The summed E-state index contributed by atoms with van der Waals surface area (Å²) in [4.78, 5) is 33.3. The summed E-state index contributed by atoms with van der Waals surface area (Å²) in [5.74, 6) is 0.142. The minimum atomic E-state index is -0.196. The Hall–Kier alpha value is -2.93. The van der Waals surface area contributed by atoms with Gasteiger partial charge in [0.05, 0.1) is 30.2 Å². The van der Waals surface area contributed by atoms with Crippen LogP contribution in [0.15, 0.2) is 42.6 Å². The van der Waals surface area contributed by atoms with Crippen LogP contribution >= 0.6 is 0 Å². The normalized spacial score (nSPS) is 27.9. The Balaban J connectivity index is 1.37. The second-order valence-corrected chi connectivity index (χ2v) is 9.88. The summed E-state index contributed by atoms with van der Waals surface area (Å²) >= 11 is 0. The number of amides is 2. The molecule has 2 aromatic rings. The Bertz CT molecular complexity index is 1040. The first kappa shape index (κ1) is 22.8. The zero-order valence-electron chi connectivity index (χ0n) is 20.0. The van der Waals surface area contributed by atoms with E-state index in [4.69, 9.17) is 4.74 Å². The van der Waals surface area contributed by atoms with Crippen LogP contribution < -0.4 is 10.6 Å². The van der Waals surface area contributed by atoms with E-state index < -0.39 is 0 Å². The van der Waals surface area contributed by atoms with Gasteiger partial charge in [-0.25, -0.2) is 0 Å². The van der Waals surface area contributed by atoms with E-state index in [1.165, 1.54) is 5.56 Å². The van der Waals surface area contributed by atoms with Gasteiger partial charge in [0.2, 0.25) is 5.91 Å². The number of anilines is 1. The number of hydrogen-bond acceptors (Lipinski definition) is 5. The number of ether oxygens (including phenoxy) is 1. The first-order valence-electron chi connectivity index (χ1n) is 12.4. The highest BCUT2D eigenvalue weighted by Gasteiger charge is 2.48. The Morgan fingerprint density at radius 3 is 2.76 bits per heavy atom. The van der Waals surface area contributed by atoms with Crippen molar-refractivity contribution in [3.8, 4) is 0 Å². The fourth-order valence-corrected chi connectivity index (χ4v) is 6.09. The number of rotatable bonds is 5. The van der Waals surface area contributed by atoms with Crippen LogP contribution in [0.1, 0.15) is 59.8 Å². The van der Waals surface area contributed by atoms with Crippen LogP contribution in [0.4, 0.5) is 5.69 Å². The number of methoxy groups -OCH3 is 1. The molecule has 1 saturated carbocycles. The number of fused-ring (bicyclic) bond motifs is 3. The Kier molecular flexibility index (Phi) is 6.55. The van der Waals surface area contributed by atoms with Crippen molar-refractivity contribution in [3.05, 3.63) is 59.4 Å². The van der Waals surface area contributed by atoms with Crippen molar-refractivity contribution in [2.24, 2.45) is 11.8 Å². The summed E-state index contributed by atoms with van der Waals surface area (Å²) in [6.45, 7) is 3.25. The van der Waals surface area contributed by atoms with Crippen molar-refractivity contribution in [3.63, 3.8) is 0 Å². The second kappa shape index (κ2) is 9.74. The Morgan fingerprint density at radius 2 is 1.97 bits per heavy atom. The zero-order valence-corrected chi connectivity index (χ0v) is 20.0. The number of carbonyl (C=O) groups excluding carboxylic acids is 2. The molecule has 2 aliphatic heterocycles. The summed E-state index contributed by atoms with van der Waals surface area (Å²) < 4.78 is 5.51. The van der Waals surface area contributed by atoms with Crippen LogP contribution in [0.25, 0.3) is 0 Å². The fourth-order valence-electron chi connectivity index (χ4n) is 6.09. The van der Waals surface area contributed by atoms with Crippen LogP contribution in [-0.2, 0) is 9.53 Å². The average Bonchev–Trinajstić information content (AvgIpc) is 3.30. The molecule has 5 rings (SSSR count). The van der Waals surface area contributed by atoms with E-state index in [1.54, 1.807) is 19.4 Å². The van der Waals surface area contributed by atoms with Crippen LogP contribution in [0.5, 0.6) is 0 Å². The number of pyridine rings is 1. The molecular formula is C27H34N4O3. The third kappa shape index (κ3) is 4.29. The monoisotopic (exact) mass is 462 g/mol. The van der Waals surface area contributed by atoms with Gasteiger partial charge in [-0.1, -0.05) is 31.0 Å². The molecule has 0 unspecified atom stereocenters.